The van der Waals surface area contributed by atoms with Crippen LogP contribution in [0.4, 0.5) is 11.4 Å². The van der Waals surface area contributed by atoms with Gasteiger partial charge in [-0.25, -0.2) is 0 Å². The van der Waals surface area contributed by atoms with Gasteiger partial charge in [0.25, 0.3) is 0 Å². The standard InChI is InChI=1S/C11H13N5O/c12-8-1-6-4-14-16-9(6)3-10(8)15-7-2-11(17)13-5-7/h1,3-4,7,15H,2,5,12H2,(H,13,17)(H,14,16). The molecular weight excluding hydrogens is 218 g/mol. The normalized spacial score (nSPS) is 19.5. The molecule has 17 heavy (non-hydrogen) atoms. The molecule has 1 aromatic carbocycles. The molecule has 1 saturated heterocycles. The molecule has 5 N–H and O–H groups in total. The Hall–Kier alpha value is -2.24. The van der Waals surface area contributed by atoms with E-state index >= 15 is 0 Å². The zero-order valence-electron chi connectivity index (χ0n) is 9.16. The minimum absolute atomic E-state index is 0.0729. The number of carbonyl (C=O) groups excluding carboxylic acids is 1. The largest absolute Gasteiger partial charge is 0.397 e. The smallest absolute Gasteiger partial charge is 0.222 e. The molecule has 0 radical (unpaired) electrons. The molecular formula is C11H13N5O. The maximum absolute atomic E-state index is 11.1. The number of hydrogen-bond donors (Lipinski definition) is 4. The van der Waals surface area contributed by atoms with Crippen LogP contribution in [-0.2, 0) is 4.79 Å². The molecule has 0 aliphatic carbocycles. The van der Waals surface area contributed by atoms with Gasteiger partial charge in [-0.1, -0.05) is 0 Å². The van der Waals surface area contributed by atoms with Crippen molar-refractivity contribution in [2.75, 3.05) is 17.6 Å². The number of amides is 1. The predicted octanol–water partition coefficient (Wildman–Crippen LogP) is 0.445. The number of hydrogen-bond acceptors (Lipinski definition) is 4. The fraction of sp³-hybridized carbons (Fsp3) is 0.273. The number of carbonyl (C=O) groups is 1. The maximum Gasteiger partial charge on any atom is 0.222 e. The Morgan fingerprint density at radius 3 is 3.12 bits per heavy atom. The van der Waals surface area contributed by atoms with Crippen LogP contribution in [0.15, 0.2) is 18.3 Å². The number of H-pyrrole nitrogens is 1. The van der Waals surface area contributed by atoms with Crippen molar-refractivity contribution in [1.82, 2.24) is 15.5 Å². The Kier molecular flexibility index (Phi) is 2.14. The highest BCUT2D eigenvalue weighted by Gasteiger charge is 2.21. The van der Waals surface area contributed by atoms with Crippen LogP contribution in [0.25, 0.3) is 10.9 Å². The molecule has 88 valence electrons. The van der Waals surface area contributed by atoms with Gasteiger partial charge in [0.2, 0.25) is 5.91 Å². The minimum atomic E-state index is 0.0729. The summed E-state index contributed by atoms with van der Waals surface area (Å²) in [4.78, 5) is 11.1. The highest BCUT2D eigenvalue weighted by molar-refractivity contribution is 5.89. The first kappa shape index (κ1) is 9.95. The molecule has 2 heterocycles. The maximum atomic E-state index is 11.1. The summed E-state index contributed by atoms with van der Waals surface area (Å²) >= 11 is 0. The Labute approximate surface area is 97.6 Å². The van der Waals surface area contributed by atoms with E-state index in [9.17, 15) is 4.79 Å². The van der Waals surface area contributed by atoms with E-state index in [1.54, 1.807) is 6.20 Å². The van der Waals surface area contributed by atoms with Crippen molar-refractivity contribution in [2.24, 2.45) is 0 Å². The van der Waals surface area contributed by atoms with Gasteiger partial charge in [0.1, 0.15) is 0 Å². The van der Waals surface area contributed by atoms with Crippen LogP contribution in [0.5, 0.6) is 0 Å². The Bertz CT molecular complexity index is 576. The van der Waals surface area contributed by atoms with E-state index < -0.39 is 0 Å². The highest BCUT2D eigenvalue weighted by atomic mass is 16.1. The van der Waals surface area contributed by atoms with E-state index in [1.165, 1.54) is 0 Å². The van der Waals surface area contributed by atoms with Crippen LogP contribution in [0.1, 0.15) is 6.42 Å². The van der Waals surface area contributed by atoms with Gasteiger partial charge in [-0.3, -0.25) is 9.89 Å². The number of rotatable bonds is 2. The van der Waals surface area contributed by atoms with Gasteiger partial charge in [0, 0.05) is 18.4 Å². The van der Waals surface area contributed by atoms with Gasteiger partial charge < -0.3 is 16.4 Å². The number of aromatic nitrogens is 2. The summed E-state index contributed by atoms with van der Waals surface area (Å²) in [5.41, 5.74) is 8.38. The number of anilines is 2. The van der Waals surface area contributed by atoms with Crippen LogP contribution < -0.4 is 16.4 Å². The van der Waals surface area contributed by atoms with Crippen LogP contribution in [0, 0.1) is 0 Å². The second kappa shape index (κ2) is 3.65. The fourth-order valence-electron chi connectivity index (χ4n) is 2.06. The molecule has 6 nitrogen and oxygen atoms in total. The summed E-state index contributed by atoms with van der Waals surface area (Å²) in [6, 6.07) is 3.89. The fourth-order valence-corrected chi connectivity index (χ4v) is 2.06. The Morgan fingerprint density at radius 2 is 2.35 bits per heavy atom. The zero-order chi connectivity index (χ0) is 11.8. The van der Waals surface area contributed by atoms with Crippen molar-refractivity contribution in [2.45, 2.75) is 12.5 Å². The summed E-state index contributed by atoms with van der Waals surface area (Å²) in [5, 5.41) is 13.9. The molecule has 0 bridgehead atoms. The lowest BCUT2D eigenvalue weighted by Gasteiger charge is -2.14. The van der Waals surface area contributed by atoms with Gasteiger partial charge in [-0.2, -0.15) is 5.10 Å². The van der Waals surface area contributed by atoms with Gasteiger partial charge in [-0.05, 0) is 12.1 Å². The summed E-state index contributed by atoms with van der Waals surface area (Å²) in [5.74, 6) is 0.0729. The van der Waals surface area contributed by atoms with Gasteiger partial charge in [0.15, 0.2) is 0 Å². The summed E-state index contributed by atoms with van der Waals surface area (Å²) < 4.78 is 0. The van der Waals surface area contributed by atoms with Gasteiger partial charge in [-0.15, -0.1) is 0 Å². The van der Waals surface area contributed by atoms with Crippen LogP contribution in [0.3, 0.4) is 0 Å². The third-order valence-electron chi connectivity index (χ3n) is 2.95. The number of nitrogens with one attached hydrogen (secondary N) is 3. The van der Waals surface area contributed by atoms with E-state index in [-0.39, 0.29) is 11.9 Å². The number of benzene rings is 1. The topological polar surface area (TPSA) is 95.8 Å². The van der Waals surface area contributed by atoms with Crippen molar-refractivity contribution < 1.29 is 4.79 Å². The van der Waals surface area contributed by atoms with E-state index in [0.717, 1.165) is 16.6 Å². The lowest BCUT2D eigenvalue weighted by Crippen LogP contribution is -2.22. The first-order valence-corrected chi connectivity index (χ1v) is 5.48. The number of fused-ring (bicyclic) bond motifs is 1. The first-order chi connectivity index (χ1) is 8.22. The van der Waals surface area contributed by atoms with Crippen molar-refractivity contribution in [3.63, 3.8) is 0 Å². The number of nitrogens with zero attached hydrogens (tertiary/aromatic N) is 1. The SMILES string of the molecule is Nc1cc2cn[nH]c2cc1NC1CNC(=O)C1. The van der Waals surface area contributed by atoms with E-state index in [1.807, 2.05) is 12.1 Å². The summed E-state index contributed by atoms with van der Waals surface area (Å²) in [6.07, 6.45) is 2.22. The van der Waals surface area contributed by atoms with Crippen molar-refractivity contribution >= 4 is 28.2 Å². The van der Waals surface area contributed by atoms with E-state index in [0.29, 0.717) is 18.7 Å². The molecule has 1 fully saturated rings. The van der Waals surface area contributed by atoms with Gasteiger partial charge in [0.05, 0.1) is 29.1 Å². The first-order valence-electron chi connectivity index (χ1n) is 5.48. The van der Waals surface area contributed by atoms with Crippen molar-refractivity contribution in [3.8, 4) is 0 Å². The van der Waals surface area contributed by atoms with E-state index in [4.69, 9.17) is 5.73 Å². The second-order valence-electron chi connectivity index (χ2n) is 4.25. The van der Waals surface area contributed by atoms with Gasteiger partial charge >= 0.3 is 0 Å². The van der Waals surface area contributed by atoms with Crippen molar-refractivity contribution in [1.29, 1.82) is 0 Å². The van der Waals surface area contributed by atoms with Crippen LogP contribution >= 0.6 is 0 Å². The van der Waals surface area contributed by atoms with Crippen LogP contribution in [-0.4, -0.2) is 28.7 Å². The Balaban J connectivity index is 1.88. The lowest BCUT2D eigenvalue weighted by molar-refractivity contribution is -0.119. The minimum Gasteiger partial charge on any atom is -0.397 e. The summed E-state index contributed by atoms with van der Waals surface area (Å²) in [7, 11) is 0. The van der Waals surface area contributed by atoms with Crippen molar-refractivity contribution in [3.05, 3.63) is 18.3 Å². The van der Waals surface area contributed by atoms with E-state index in [2.05, 4.69) is 20.8 Å². The molecule has 1 aliphatic rings. The molecule has 1 atom stereocenters. The molecule has 1 amide bonds. The molecule has 2 aromatic rings. The lowest BCUT2D eigenvalue weighted by atomic mass is 10.1. The molecule has 3 rings (SSSR count). The van der Waals surface area contributed by atoms with Crippen LogP contribution in [0.2, 0.25) is 0 Å². The highest BCUT2D eigenvalue weighted by Crippen LogP contribution is 2.25. The third kappa shape index (κ3) is 1.77. The molecule has 0 spiro atoms. The quantitative estimate of drug-likeness (QED) is 0.564. The molecule has 6 heteroatoms. The monoisotopic (exact) mass is 231 g/mol. The number of nitrogen functional groups attached to an aromatic ring is 1. The third-order valence-corrected chi connectivity index (χ3v) is 2.95. The average Bonchev–Trinajstić information content (AvgIpc) is 2.88. The number of nitrogens with two attached hydrogens (primary N) is 1. The Morgan fingerprint density at radius 1 is 1.47 bits per heavy atom. The second-order valence-corrected chi connectivity index (χ2v) is 4.25. The molecule has 0 saturated carbocycles. The number of aromatic amines is 1. The summed E-state index contributed by atoms with van der Waals surface area (Å²) in [6.45, 7) is 0.638. The zero-order valence-corrected chi connectivity index (χ0v) is 9.16. The predicted molar refractivity (Wildman–Crippen MR) is 65.5 cm³/mol. The average molecular weight is 231 g/mol. The molecule has 1 unspecified atom stereocenters. The molecule has 1 aromatic heterocycles. The molecule has 1 aliphatic heterocycles.